The average Bonchev–Trinajstić information content (AvgIpc) is 2.17. The first kappa shape index (κ1) is 14.1. The summed E-state index contributed by atoms with van der Waals surface area (Å²) in [6.07, 6.45) is 1.92. The van der Waals surface area contributed by atoms with Crippen LogP contribution in [0.1, 0.15) is 26.2 Å². The van der Waals surface area contributed by atoms with Crippen molar-refractivity contribution in [2.24, 2.45) is 0 Å². The van der Waals surface area contributed by atoms with Crippen LogP contribution in [0, 0.1) is 0 Å². The van der Waals surface area contributed by atoms with E-state index in [1.165, 1.54) is 0 Å². The van der Waals surface area contributed by atoms with Gasteiger partial charge in [-0.05, 0) is 18.6 Å². The number of carbonyl (C=O) groups excluding carboxylic acids is 1. The fraction of sp³-hybridized carbons (Fsp3) is 0.778. The molecule has 0 aromatic rings. The Morgan fingerprint density at radius 3 is 2.60 bits per heavy atom. The van der Waals surface area contributed by atoms with Gasteiger partial charge in [0.2, 0.25) is 0 Å². The van der Waals surface area contributed by atoms with Crippen molar-refractivity contribution in [3.8, 4) is 0 Å². The Kier molecular flexibility index (Phi) is 7.89. The van der Waals surface area contributed by atoms with Crippen LogP contribution in [0.5, 0.6) is 0 Å². The smallest absolute Gasteiger partial charge is 0.326 e. The molecule has 0 spiro atoms. The number of carboxylic acids is 1. The Bertz CT molecular complexity index is 212. The number of amides is 2. The van der Waals surface area contributed by atoms with Gasteiger partial charge in [0.1, 0.15) is 6.04 Å². The highest BCUT2D eigenvalue weighted by Gasteiger charge is 2.17. The lowest BCUT2D eigenvalue weighted by atomic mass is 10.2. The minimum absolute atomic E-state index is 0.433. The molecule has 0 aliphatic carbocycles. The zero-order chi connectivity index (χ0) is 11.7. The molecule has 0 heterocycles. The third-order valence-electron chi connectivity index (χ3n) is 1.80. The van der Waals surface area contributed by atoms with Crippen molar-refractivity contribution in [1.82, 2.24) is 10.6 Å². The lowest BCUT2D eigenvalue weighted by Crippen LogP contribution is -2.46. The summed E-state index contributed by atoms with van der Waals surface area (Å²) in [5, 5.41) is 13.7. The van der Waals surface area contributed by atoms with E-state index in [-0.39, 0.29) is 0 Å². The van der Waals surface area contributed by atoms with Crippen LogP contribution < -0.4 is 10.6 Å². The number of carboxylic acid groups (broad SMARTS) is 1. The zero-order valence-electron chi connectivity index (χ0n) is 8.82. The number of rotatable bonds is 7. The van der Waals surface area contributed by atoms with Crippen LogP contribution in [0.25, 0.3) is 0 Å². The van der Waals surface area contributed by atoms with Gasteiger partial charge >= 0.3 is 12.0 Å². The number of aliphatic carboxylic acids is 1. The number of thiol groups is 1. The first-order chi connectivity index (χ1) is 7.11. The maximum absolute atomic E-state index is 11.2. The summed E-state index contributed by atoms with van der Waals surface area (Å²) in [4.78, 5) is 21.9. The van der Waals surface area contributed by atoms with Crippen LogP contribution in [0.4, 0.5) is 4.79 Å². The van der Waals surface area contributed by atoms with Gasteiger partial charge in [-0.1, -0.05) is 13.3 Å². The maximum atomic E-state index is 11.2. The second-order valence-corrected chi connectivity index (χ2v) is 3.60. The van der Waals surface area contributed by atoms with E-state index in [0.717, 1.165) is 6.42 Å². The number of carbonyl (C=O) groups is 2. The van der Waals surface area contributed by atoms with Crippen molar-refractivity contribution in [1.29, 1.82) is 0 Å². The maximum Gasteiger partial charge on any atom is 0.326 e. The molecule has 0 saturated heterocycles. The second-order valence-electron chi connectivity index (χ2n) is 3.16. The predicted molar refractivity (Wildman–Crippen MR) is 61.3 cm³/mol. The van der Waals surface area contributed by atoms with Crippen LogP contribution in [0.2, 0.25) is 0 Å². The van der Waals surface area contributed by atoms with Crippen LogP contribution >= 0.6 is 12.6 Å². The molecule has 0 fully saturated rings. The van der Waals surface area contributed by atoms with Gasteiger partial charge in [0.05, 0.1) is 0 Å². The van der Waals surface area contributed by atoms with Gasteiger partial charge in [-0.15, -0.1) is 0 Å². The molecule has 0 saturated carbocycles. The van der Waals surface area contributed by atoms with Crippen LogP contribution in [-0.4, -0.2) is 35.4 Å². The molecule has 6 heteroatoms. The number of nitrogens with one attached hydrogen (secondary N) is 2. The van der Waals surface area contributed by atoms with E-state index in [1.807, 2.05) is 6.92 Å². The van der Waals surface area contributed by atoms with Crippen molar-refractivity contribution < 1.29 is 14.7 Å². The van der Waals surface area contributed by atoms with Gasteiger partial charge in [-0.25, -0.2) is 9.59 Å². The van der Waals surface area contributed by atoms with Crippen molar-refractivity contribution >= 4 is 24.6 Å². The monoisotopic (exact) mass is 234 g/mol. The number of hydrogen-bond donors (Lipinski definition) is 4. The Labute approximate surface area is 95.0 Å². The molecule has 15 heavy (non-hydrogen) atoms. The molecule has 3 N–H and O–H groups in total. The van der Waals surface area contributed by atoms with Gasteiger partial charge in [-0.2, -0.15) is 12.6 Å². The third kappa shape index (κ3) is 7.07. The fourth-order valence-corrected chi connectivity index (χ4v) is 1.19. The Morgan fingerprint density at radius 1 is 1.47 bits per heavy atom. The summed E-state index contributed by atoms with van der Waals surface area (Å²) in [7, 11) is 0. The molecule has 0 aliphatic rings. The topological polar surface area (TPSA) is 78.4 Å². The normalized spacial score (nSPS) is 11.9. The van der Waals surface area contributed by atoms with Gasteiger partial charge < -0.3 is 15.7 Å². The summed E-state index contributed by atoms with van der Waals surface area (Å²) in [6, 6.07) is -1.23. The Balaban J connectivity index is 3.84. The van der Waals surface area contributed by atoms with Crippen molar-refractivity contribution in [3.05, 3.63) is 0 Å². The van der Waals surface area contributed by atoms with Crippen molar-refractivity contribution in [2.45, 2.75) is 32.2 Å². The summed E-state index contributed by atoms with van der Waals surface area (Å²) in [6.45, 7) is 2.38. The predicted octanol–water partition coefficient (Wildman–Crippen LogP) is 0.859. The third-order valence-corrected chi connectivity index (χ3v) is 2.12. The van der Waals surface area contributed by atoms with Gasteiger partial charge in [0, 0.05) is 6.54 Å². The molecule has 1 unspecified atom stereocenters. The minimum atomic E-state index is -0.999. The summed E-state index contributed by atoms with van der Waals surface area (Å²) in [5.41, 5.74) is 0. The molecule has 1 atom stereocenters. The summed E-state index contributed by atoms with van der Waals surface area (Å²) >= 11 is 3.99. The minimum Gasteiger partial charge on any atom is -0.480 e. The lowest BCUT2D eigenvalue weighted by Gasteiger charge is -2.13. The highest BCUT2D eigenvalue weighted by atomic mass is 32.1. The summed E-state index contributed by atoms with van der Waals surface area (Å²) < 4.78 is 0. The Morgan fingerprint density at radius 2 is 2.13 bits per heavy atom. The highest BCUT2D eigenvalue weighted by Crippen LogP contribution is 1.96. The van der Waals surface area contributed by atoms with E-state index < -0.39 is 18.0 Å². The van der Waals surface area contributed by atoms with E-state index >= 15 is 0 Å². The van der Waals surface area contributed by atoms with Crippen LogP contribution in [0.3, 0.4) is 0 Å². The van der Waals surface area contributed by atoms with E-state index in [4.69, 9.17) is 5.11 Å². The molecule has 0 bridgehead atoms. The molecule has 0 radical (unpaired) electrons. The molecule has 5 nitrogen and oxygen atoms in total. The van der Waals surface area contributed by atoms with Crippen LogP contribution in [-0.2, 0) is 4.79 Å². The largest absolute Gasteiger partial charge is 0.480 e. The quantitative estimate of drug-likeness (QED) is 0.390. The molecule has 0 aliphatic heterocycles. The molecule has 88 valence electrons. The Hall–Kier alpha value is -0.910. The molecule has 0 aromatic heterocycles. The lowest BCUT2D eigenvalue weighted by molar-refractivity contribution is -0.139. The highest BCUT2D eigenvalue weighted by molar-refractivity contribution is 7.80. The molecule has 2 amide bonds. The van der Waals surface area contributed by atoms with Crippen molar-refractivity contribution in [2.75, 3.05) is 12.3 Å². The van der Waals surface area contributed by atoms with Gasteiger partial charge in [-0.3, -0.25) is 0 Å². The fourth-order valence-electron chi connectivity index (χ4n) is 1.04. The van der Waals surface area contributed by atoms with E-state index in [9.17, 15) is 9.59 Å². The van der Waals surface area contributed by atoms with E-state index in [2.05, 4.69) is 23.3 Å². The molecule has 0 aromatic carbocycles. The second kappa shape index (κ2) is 8.40. The van der Waals surface area contributed by atoms with Crippen LogP contribution in [0.15, 0.2) is 0 Å². The standard InChI is InChI=1S/C9H18N2O3S/c1-2-4-7(8(12)13)11-9(14)10-5-3-6-15/h7,15H,2-6H2,1H3,(H,12,13)(H2,10,11,14). The molecular weight excluding hydrogens is 216 g/mol. The van der Waals surface area contributed by atoms with Crippen molar-refractivity contribution in [3.63, 3.8) is 0 Å². The van der Waals surface area contributed by atoms with E-state index in [1.54, 1.807) is 0 Å². The van der Waals surface area contributed by atoms with Gasteiger partial charge in [0.15, 0.2) is 0 Å². The number of urea groups is 1. The number of hydrogen-bond acceptors (Lipinski definition) is 3. The zero-order valence-corrected chi connectivity index (χ0v) is 9.72. The molecular formula is C9H18N2O3S. The average molecular weight is 234 g/mol. The first-order valence-corrected chi connectivity index (χ1v) is 5.63. The molecule has 0 rings (SSSR count). The van der Waals surface area contributed by atoms with Gasteiger partial charge in [0.25, 0.3) is 0 Å². The first-order valence-electron chi connectivity index (χ1n) is 4.99. The van der Waals surface area contributed by atoms with E-state index in [0.29, 0.717) is 25.1 Å². The summed E-state index contributed by atoms with van der Waals surface area (Å²) in [5.74, 6) is -0.307. The SMILES string of the molecule is CCCC(NC(=O)NCCCS)C(=O)O.